The van der Waals surface area contributed by atoms with Gasteiger partial charge < -0.3 is 18.6 Å². The van der Waals surface area contributed by atoms with Gasteiger partial charge >= 0.3 is 0 Å². The second-order valence-corrected chi connectivity index (χ2v) is 6.07. The van der Waals surface area contributed by atoms with Gasteiger partial charge in [0.1, 0.15) is 5.58 Å². The van der Waals surface area contributed by atoms with Crippen molar-refractivity contribution in [2.75, 3.05) is 5.32 Å². The van der Waals surface area contributed by atoms with Crippen molar-refractivity contribution in [1.29, 1.82) is 0 Å². The van der Waals surface area contributed by atoms with Gasteiger partial charge in [-0.05, 0) is 42.5 Å². The van der Waals surface area contributed by atoms with E-state index >= 15 is 0 Å². The van der Waals surface area contributed by atoms with Crippen molar-refractivity contribution in [1.82, 2.24) is 10.2 Å². The summed E-state index contributed by atoms with van der Waals surface area (Å²) in [7, 11) is 0. The third-order valence-electron chi connectivity index (χ3n) is 4.17. The average Bonchev–Trinajstić information content (AvgIpc) is 3.47. The van der Waals surface area contributed by atoms with E-state index in [1.54, 1.807) is 36.4 Å². The fourth-order valence-corrected chi connectivity index (χ4v) is 2.86. The SMILES string of the molecule is O=C(Nc1cccc(-c2nnc(-c3ccco3)o2)c1)c1cc2ccccc2o1. The largest absolute Gasteiger partial charge is 0.459 e. The van der Waals surface area contributed by atoms with Gasteiger partial charge in [-0.25, -0.2) is 0 Å². The Morgan fingerprint density at radius 1 is 0.857 bits per heavy atom. The molecule has 0 aliphatic carbocycles. The molecule has 0 aliphatic heterocycles. The van der Waals surface area contributed by atoms with Crippen LogP contribution in [0.5, 0.6) is 0 Å². The van der Waals surface area contributed by atoms with Gasteiger partial charge in [0.15, 0.2) is 11.5 Å². The van der Waals surface area contributed by atoms with Crippen LogP contribution >= 0.6 is 0 Å². The predicted octanol–water partition coefficient (Wildman–Crippen LogP) is 5.00. The minimum Gasteiger partial charge on any atom is -0.459 e. The molecule has 0 spiro atoms. The van der Waals surface area contributed by atoms with Gasteiger partial charge in [0.25, 0.3) is 11.8 Å². The van der Waals surface area contributed by atoms with Gasteiger partial charge in [-0.1, -0.05) is 24.3 Å². The molecule has 0 saturated carbocycles. The summed E-state index contributed by atoms with van der Waals surface area (Å²) < 4.78 is 16.5. The van der Waals surface area contributed by atoms with E-state index in [2.05, 4.69) is 15.5 Å². The van der Waals surface area contributed by atoms with Crippen molar-refractivity contribution in [3.05, 3.63) is 78.8 Å². The maximum Gasteiger partial charge on any atom is 0.291 e. The Morgan fingerprint density at radius 2 is 1.75 bits per heavy atom. The molecule has 2 aromatic carbocycles. The smallest absolute Gasteiger partial charge is 0.291 e. The van der Waals surface area contributed by atoms with Gasteiger partial charge in [0.2, 0.25) is 5.89 Å². The molecular formula is C21H13N3O4. The number of benzene rings is 2. The summed E-state index contributed by atoms with van der Waals surface area (Å²) in [6, 6.07) is 19.8. The van der Waals surface area contributed by atoms with E-state index in [9.17, 15) is 4.79 Å². The Balaban J connectivity index is 1.39. The van der Waals surface area contributed by atoms with Gasteiger partial charge in [-0.3, -0.25) is 4.79 Å². The number of anilines is 1. The molecule has 5 aromatic rings. The highest BCUT2D eigenvalue weighted by Crippen LogP contribution is 2.26. The minimum atomic E-state index is -0.338. The van der Waals surface area contributed by atoms with Crippen LogP contribution in [-0.2, 0) is 0 Å². The van der Waals surface area contributed by atoms with Crippen LogP contribution in [0.25, 0.3) is 34.1 Å². The zero-order chi connectivity index (χ0) is 18.9. The third kappa shape index (κ3) is 2.95. The summed E-state index contributed by atoms with van der Waals surface area (Å²) in [6.45, 7) is 0. The maximum atomic E-state index is 12.5. The lowest BCUT2D eigenvalue weighted by Gasteiger charge is -2.04. The molecule has 0 radical (unpaired) electrons. The summed E-state index contributed by atoms with van der Waals surface area (Å²) in [5.74, 6) is 1.01. The number of carbonyl (C=O) groups excluding carboxylic acids is 1. The fourth-order valence-electron chi connectivity index (χ4n) is 2.86. The Morgan fingerprint density at radius 3 is 2.61 bits per heavy atom. The molecule has 7 nitrogen and oxygen atoms in total. The Bertz CT molecular complexity index is 1230. The number of hydrogen-bond acceptors (Lipinski definition) is 6. The topological polar surface area (TPSA) is 94.3 Å². The van der Waals surface area contributed by atoms with Crippen LogP contribution in [-0.4, -0.2) is 16.1 Å². The van der Waals surface area contributed by atoms with Gasteiger partial charge in [-0.2, -0.15) is 0 Å². The lowest BCUT2D eigenvalue weighted by atomic mass is 10.2. The van der Waals surface area contributed by atoms with E-state index in [-0.39, 0.29) is 17.6 Å². The summed E-state index contributed by atoms with van der Waals surface area (Å²) in [5, 5.41) is 11.7. The quantitative estimate of drug-likeness (QED) is 0.478. The number of para-hydroxylation sites is 1. The zero-order valence-electron chi connectivity index (χ0n) is 14.5. The van der Waals surface area contributed by atoms with Crippen LogP contribution in [0.1, 0.15) is 10.6 Å². The molecule has 7 heteroatoms. The number of furan rings is 2. The van der Waals surface area contributed by atoms with E-state index in [4.69, 9.17) is 13.3 Å². The lowest BCUT2D eigenvalue weighted by Crippen LogP contribution is -2.10. The lowest BCUT2D eigenvalue weighted by molar-refractivity contribution is 0.0998. The van der Waals surface area contributed by atoms with Crippen LogP contribution in [0.3, 0.4) is 0 Å². The third-order valence-corrected chi connectivity index (χ3v) is 4.17. The molecule has 0 saturated heterocycles. The summed E-state index contributed by atoms with van der Waals surface area (Å²) in [6.07, 6.45) is 1.54. The molecule has 28 heavy (non-hydrogen) atoms. The predicted molar refractivity (Wildman–Crippen MR) is 102 cm³/mol. The van der Waals surface area contributed by atoms with E-state index < -0.39 is 0 Å². The van der Waals surface area contributed by atoms with Gasteiger partial charge in [0.05, 0.1) is 6.26 Å². The monoisotopic (exact) mass is 371 g/mol. The van der Waals surface area contributed by atoms with Crippen LogP contribution in [0.2, 0.25) is 0 Å². The first-order chi connectivity index (χ1) is 13.8. The Hall–Kier alpha value is -4.13. The fraction of sp³-hybridized carbons (Fsp3) is 0. The number of carbonyl (C=O) groups is 1. The normalized spacial score (nSPS) is 11.0. The second kappa shape index (κ2) is 6.55. The first-order valence-corrected chi connectivity index (χ1v) is 8.54. The molecule has 0 aliphatic rings. The molecule has 3 aromatic heterocycles. The number of rotatable bonds is 4. The number of fused-ring (bicyclic) bond motifs is 1. The molecule has 136 valence electrons. The molecule has 3 heterocycles. The highest BCUT2D eigenvalue weighted by atomic mass is 16.4. The van der Waals surface area contributed by atoms with Crippen LogP contribution in [0.4, 0.5) is 5.69 Å². The molecular weight excluding hydrogens is 358 g/mol. The van der Waals surface area contributed by atoms with E-state index in [0.29, 0.717) is 28.5 Å². The molecule has 0 unspecified atom stereocenters. The van der Waals surface area contributed by atoms with Crippen molar-refractivity contribution < 1.29 is 18.0 Å². The highest BCUT2D eigenvalue weighted by Gasteiger charge is 2.15. The number of nitrogens with zero attached hydrogens (tertiary/aromatic N) is 2. The van der Waals surface area contributed by atoms with E-state index in [1.807, 2.05) is 30.3 Å². The van der Waals surface area contributed by atoms with Crippen molar-refractivity contribution in [3.63, 3.8) is 0 Å². The Labute approximate surface area is 158 Å². The number of nitrogens with one attached hydrogen (secondary N) is 1. The number of amides is 1. The minimum absolute atomic E-state index is 0.240. The molecule has 5 rings (SSSR count). The van der Waals surface area contributed by atoms with Crippen LogP contribution in [0, 0.1) is 0 Å². The van der Waals surface area contributed by atoms with Crippen LogP contribution in [0.15, 0.2) is 86.2 Å². The molecule has 1 amide bonds. The molecule has 0 bridgehead atoms. The first-order valence-electron chi connectivity index (χ1n) is 8.54. The average molecular weight is 371 g/mol. The summed E-state index contributed by atoms with van der Waals surface area (Å²) in [5.41, 5.74) is 1.92. The molecule has 1 N–H and O–H groups in total. The maximum absolute atomic E-state index is 12.5. The highest BCUT2D eigenvalue weighted by molar-refractivity contribution is 6.04. The van der Waals surface area contributed by atoms with Crippen LogP contribution < -0.4 is 5.32 Å². The van der Waals surface area contributed by atoms with Gasteiger partial charge in [-0.15, -0.1) is 10.2 Å². The second-order valence-electron chi connectivity index (χ2n) is 6.07. The van der Waals surface area contributed by atoms with E-state index in [0.717, 1.165) is 5.39 Å². The van der Waals surface area contributed by atoms with E-state index in [1.165, 1.54) is 6.26 Å². The van der Waals surface area contributed by atoms with Crippen molar-refractivity contribution in [2.45, 2.75) is 0 Å². The van der Waals surface area contributed by atoms with Crippen molar-refractivity contribution in [3.8, 4) is 23.1 Å². The van der Waals surface area contributed by atoms with Gasteiger partial charge in [0, 0.05) is 16.6 Å². The molecule has 0 fully saturated rings. The number of hydrogen-bond donors (Lipinski definition) is 1. The zero-order valence-corrected chi connectivity index (χ0v) is 14.5. The number of aromatic nitrogens is 2. The Kier molecular flexibility index (Phi) is 3.76. The standard InChI is InChI=1S/C21H13N3O4/c25-19(18-12-13-5-1-2-8-16(13)27-18)22-15-7-3-6-14(11-15)20-23-24-21(28-20)17-9-4-10-26-17/h1-12H,(H,22,25). The summed E-state index contributed by atoms with van der Waals surface area (Å²) >= 11 is 0. The first kappa shape index (κ1) is 16.1. The molecule has 0 atom stereocenters. The summed E-state index contributed by atoms with van der Waals surface area (Å²) in [4.78, 5) is 12.5. The van der Waals surface area contributed by atoms with Crippen molar-refractivity contribution >= 4 is 22.6 Å². The van der Waals surface area contributed by atoms with Crippen molar-refractivity contribution in [2.24, 2.45) is 0 Å².